The number of anilines is 1. The van der Waals surface area contributed by atoms with Gasteiger partial charge in [-0.1, -0.05) is 23.1 Å². The zero-order chi connectivity index (χ0) is 17.1. The minimum Gasteiger partial charge on any atom is -0.462 e. The highest BCUT2D eigenvalue weighted by atomic mass is 32.2. The van der Waals surface area contributed by atoms with Crippen molar-refractivity contribution in [3.63, 3.8) is 0 Å². The monoisotopic (exact) mass is 354 g/mol. The molecule has 7 nitrogen and oxygen atoms in total. The number of aryl methyl sites for hydroxylation is 1. The molecule has 0 saturated carbocycles. The van der Waals surface area contributed by atoms with Gasteiger partial charge in [-0.2, -0.15) is 0 Å². The van der Waals surface area contributed by atoms with Gasteiger partial charge in [-0.15, -0.1) is 10.2 Å². The van der Waals surface area contributed by atoms with E-state index in [0.717, 1.165) is 0 Å². The summed E-state index contributed by atoms with van der Waals surface area (Å²) >= 11 is 2.52. The molecule has 2 aromatic rings. The van der Waals surface area contributed by atoms with Crippen molar-refractivity contribution in [3.05, 3.63) is 22.5 Å². The molecule has 0 aliphatic heterocycles. The second-order valence-electron chi connectivity index (χ2n) is 4.88. The Morgan fingerprint density at radius 2 is 2.09 bits per heavy atom. The zero-order valence-electron chi connectivity index (χ0n) is 13.3. The molecule has 0 amide bonds. The fourth-order valence-electron chi connectivity index (χ4n) is 2.18. The summed E-state index contributed by atoms with van der Waals surface area (Å²) in [5.74, 6) is -0.532. The van der Waals surface area contributed by atoms with Crippen LogP contribution >= 0.6 is 23.1 Å². The van der Waals surface area contributed by atoms with Crippen molar-refractivity contribution in [2.24, 2.45) is 0 Å². The molecule has 1 atom stereocenters. The van der Waals surface area contributed by atoms with Gasteiger partial charge in [0.15, 0.2) is 10.1 Å². The Hall–Kier alpha value is -1.87. The third-order valence-electron chi connectivity index (χ3n) is 3.23. The van der Waals surface area contributed by atoms with Gasteiger partial charge in [0.2, 0.25) is 5.13 Å². The molecule has 0 spiro atoms. The SMILES string of the molecule is CCOC(=O)c1c(C)[nH]c(C(=O)C(C)Sc2nnc(N)s2)c1C. The summed E-state index contributed by atoms with van der Waals surface area (Å²) in [5.41, 5.74) is 7.62. The van der Waals surface area contributed by atoms with Crippen LogP contribution in [0.15, 0.2) is 4.34 Å². The summed E-state index contributed by atoms with van der Waals surface area (Å²) in [6, 6.07) is 0. The maximum atomic E-state index is 12.6. The second kappa shape index (κ2) is 7.14. The van der Waals surface area contributed by atoms with Crippen molar-refractivity contribution in [2.45, 2.75) is 37.3 Å². The quantitative estimate of drug-likeness (QED) is 0.466. The van der Waals surface area contributed by atoms with E-state index in [9.17, 15) is 9.59 Å². The fourth-order valence-corrected chi connectivity index (χ4v) is 4.02. The Labute approximate surface area is 142 Å². The van der Waals surface area contributed by atoms with Gasteiger partial charge < -0.3 is 15.5 Å². The first-order valence-corrected chi connectivity index (χ1v) is 8.70. The van der Waals surface area contributed by atoms with Crippen LogP contribution in [0.5, 0.6) is 0 Å². The lowest BCUT2D eigenvalue weighted by atomic mass is 10.1. The molecule has 0 radical (unpaired) electrons. The number of aromatic amines is 1. The number of nitrogens with zero attached hydrogens (tertiary/aromatic N) is 2. The van der Waals surface area contributed by atoms with Gasteiger partial charge in [0.1, 0.15) is 0 Å². The van der Waals surface area contributed by atoms with Crippen LogP contribution in [0.3, 0.4) is 0 Å². The molecule has 0 aliphatic rings. The molecule has 0 fully saturated rings. The van der Waals surface area contributed by atoms with Crippen LogP contribution in [0.4, 0.5) is 5.13 Å². The van der Waals surface area contributed by atoms with Crippen LogP contribution in [0.1, 0.15) is 46.0 Å². The number of nitrogens with two attached hydrogens (primary N) is 1. The second-order valence-corrected chi connectivity index (χ2v) is 7.47. The molecule has 2 aromatic heterocycles. The van der Waals surface area contributed by atoms with E-state index < -0.39 is 5.97 Å². The summed E-state index contributed by atoms with van der Waals surface area (Å²) in [4.78, 5) is 27.6. The predicted octanol–water partition coefficient (Wildman–Crippen LogP) is 2.61. The van der Waals surface area contributed by atoms with E-state index in [1.54, 1.807) is 27.7 Å². The predicted molar refractivity (Wildman–Crippen MR) is 90.2 cm³/mol. The van der Waals surface area contributed by atoms with E-state index >= 15 is 0 Å². The summed E-state index contributed by atoms with van der Waals surface area (Å²) < 4.78 is 5.67. The number of H-pyrrole nitrogens is 1. The van der Waals surface area contributed by atoms with Crippen molar-refractivity contribution in [1.82, 2.24) is 15.2 Å². The van der Waals surface area contributed by atoms with Crippen LogP contribution in [0.2, 0.25) is 0 Å². The normalized spacial score (nSPS) is 12.2. The van der Waals surface area contributed by atoms with E-state index in [0.29, 0.717) is 32.0 Å². The lowest BCUT2D eigenvalue weighted by molar-refractivity contribution is 0.0525. The van der Waals surface area contributed by atoms with Gasteiger partial charge in [0, 0.05) is 5.69 Å². The highest BCUT2D eigenvalue weighted by molar-refractivity contribution is 8.02. The molecule has 2 rings (SSSR count). The van der Waals surface area contributed by atoms with E-state index in [2.05, 4.69) is 15.2 Å². The summed E-state index contributed by atoms with van der Waals surface area (Å²) in [6.07, 6.45) is 0. The molecule has 0 saturated heterocycles. The average molecular weight is 354 g/mol. The van der Waals surface area contributed by atoms with Gasteiger partial charge >= 0.3 is 5.97 Å². The van der Waals surface area contributed by atoms with E-state index in [4.69, 9.17) is 10.5 Å². The maximum absolute atomic E-state index is 12.6. The first-order valence-electron chi connectivity index (χ1n) is 7.01. The Kier molecular flexibility index (Phi) is 5.42. The summed E-state index contributed by atoms with van der Waals surface area (Å²) in [7, 11) is 0. The minimum absolute atomic E-state index is 0.111. The number of carbonyl (C=O) groups excluding carboxylic acids is 2. The number of ether oxygens (including phenoxy) is 1. The Balaban J connectivity index is 2.22. The summed E-state index contributed by atoms with van der Waals surface area (Å²) in [5, 5.41) is 7.61. The lowest BCUT2D eigenvalue weighted by Crippen LogP contribution is -2.15. The van der Waals surface area contributed by atoms with Crippen molar-refractivity contribution < 1.29 is 14.3 Å². The number of esters is 1. The molecule has 23 heavy (non-hydrogen) atoms. The molecule has 1 unspecified atom stereocenters. The molecule has 0 aromatic carbocycles. The van der Waals surface area contributed by atoms with Crippen LogP contribution in [0, 0.1) is 13.8 Å². The van der Waals surface area contributed by atoms with Gasteiger partial charge in [0.25, 0.3) is 0 Å². The topological polar surface area (TPSA) is 111 Å². The number of ketones is 1. The molecular formula is C14H18N4O3S2. The van der Waals surface area contributed by atoms with Gasteiger partial charge in [-0.3, -0.25) is 4.79 Å². The highest BCUT2D eigenvalue weighted by Gasteiger charge is 2.26. The maximum Gasteiger partial charge on any atom is 0.340 e. The summed E-state index contributed by atoms with van der Waals surface area (Å²) in [6.45, 7) is 7.30. The van der Waals surface area contributed by atoms with Gasteiger partial charge in [-0.05, 0) is 33.3 Å². The van der Waals surface area contributed by atoms with Crippen LogP contribution in [-0.4, -0.2) is 38.8 Å². The van der Waals surface area contributed by atoms with Gasteiger partial charge in [0.05, 0.1) is 23.1 Å². The number of aromatic nitrogens is 3. The third-order valence-corrected chi connectivity index (χ3v) is 5.17. The van der Waals surface area contributed by atoms with E-state index in [1.807, 2.05) is 0 Å². The van der Waals surface area contributed by atoms with Crippen LogP contribution < -0.4 is 5.73 Å². The Morgan fingerprint density at radius 3 is 2.65 bits per heavy atom. The average Bonchev–Trinajstić information content (AvgIpc) is 3.01. The third kappa shape index (κ3) is 3.73. The Bertz CT molecular complexity index is 738. The van der Waals surface area contributed by atoms with Crippen molar-refractivity contribution in [1.29, 1.82) is 0 Å². The smallest absolute Gasteiger partial charge is 0.340 e. The van der Waals surface area contributed by atoms with Crippen LogP contribution in [0.25, 0.3) is 0 Å². The lowest BCUT2D eigenvalue weighted by Gasteiger charge is -2.07. The number of Topliss-reactive ketones (excluding diaryl/α,β-unsaturated/α-hetero) is 1. The van der Waals surface area contributed by atoms with Crippen LogP contribution in [-0.2, 0) is 4.74 Å². The molecule has 9 heteroatoms. The molecule has 0 bridgehead atoms. The van der Waals surface area contributed by atoms with E-state index in [1.165, 1.54) is 23.1 Å². The fraction of sp³-hybridized carbons (Fsp3) is 0.429. The number of thioether (sulfide) groups is 1. The minimum atomic E-state index is -0.421. The highest BCUT2D eigenvalue weighted by Crippen LogP contribution is 2.30. The number of carbonyl (C=O) groups is 2. The molecular weight excluding hydrogens is 336 g/mol. The standard InChI is InChI=1S/C14H18N4O3S2/c1-5-21-12(20)9-6(2)10(16-7(9)3)11(19)8(4)22-14-18-17-13(15)23-14/h8,16H,5H2,1-4H3,(H2,15,17). The zero-order valence-corrected chi connectivity index (χ0v) is 14.9. The van der Waals surface area contributed by atoms with Crippen molar-refractivity contribution >= 4 is 40.0 Å². The number of hydrogen-bond acceptors (Lipinski definition) is 8. The van der Waals surface area contributed by atoms with E-state index in [-0.39, 0.29) is 17.6 Å². The van der Waals surface area contributed by atoms with Crippen molar-refractivity contribution in [2.75, 3.05) is 12.3 Å². The van der Waals surface area contributed by atoms with Gasteiger partial charge in [-0.25, -0.2) is 4.79 Å². The number of nitrogen functional groups attached to an aromatic ring is 1. The number of hydrogen-bond donors (Lipinski definition) is 2. The molecule has 124 valence electrons. The molecule has 3 N–H and O–H groups in total. The Morgan fingerprint density at radius 1 is 1.39 bits per heavy atom. The first kappa shape index (κ1) is 17.5. The first-order chi connectivity index (χ1) is 10.8. The largest absolute Gasteiger partial charge is 0.462 e. The number of rotatable bonds is 6. The van der Waals surface area contributed by atoms with Crippen molar-refractivity contribution in [3.8, 4) is 0 Å². The number of nitrogens with one attached hydrogen (secondary N) is 1. The molecule has 0 aliphatic carbocycles. The molecule has 2 heterocycles.